The molecular weight excluding hydrogens is 183 g/mol. The summed E-state index contributed by atoms with van der Waals surface area (Å²) in [4.78, 5) is 0.707. The molecule has 4 heteroatoms. The van der Waals surface area contributed by atoms with Crippen LogP contribution in [-0.4, -0.2) is 19.2 Å². The maximum Gasteiger partial charge on any atom is 0.188 e. The zero-order chi connectivity index (χ0) is 10.3. The van der Waals surface area contributed by atoms with E-state index in [1.807, 2.05) is 19.1 Å². The second kappa shape index (κ2) is 6.86. The lowest BCUT2D eigenvalue weighted by molar-refractivity contribution is 0.445. The Morgan fingerprint density at radius 3 is 2.08 bits per heavy atom. The van der Waals surface area contributed by atoms with E-state index in [1.54, 1.807) is 12.1 Å². The molecule has 1 rings (SSSR count). The van der Waals surface area contributed by atoms with Crippen molar-refractivity contribution >= 4 is 18.9 Å². The van der Waals surface area contributed by atoms with Crippen molar-refractivity contribution in [1.29, 1.82) is 0 Å². The van der Waals surface area contributed by atoms with Crippen molar-refractivity contribution in [1.82, 2.24) is 0 Å². The lowest BCUT2D eigenvalue weighted by atomic mass is 10.2. The van der Waals surface area contributed by atoms with Crippen LogP contribution in [0.2, 0.25) is 6.82 Å². The van der Waals surface area contributed by atoms with Crippen molar-refractivity contribution in [3.8, 4) is 0 Å². The Morgan fingerprint density at radius 1 is 1.23 bits per heavy atom. The molecule has 1 atom stereocenters. The van der Waals surface area contributed by atoms with E-state index in [0.29, 0.717) is 4.90 Å². The predicted molar refractivity (Wildman–Crippen MR) is 56.2 cm³/mol. The Bertz CT molecular complexity index is 259. The van der Waals surface area contributed by atoms with E-state index >= 15 is 0 Å². The summed E-state index contributed by atoms with van der Waals surface area (Å²) in [7, 11) is 5.93. The largest absolute Gasteiger partial charge is 0.290 e. The molecule has 0 saturated carbocycles. The molecular formula is C9H13BO2S. The maximum absolute atomic E-state index is 11.0. The molecule has 1 aromatic rings. The third kappa shape index (κ3) is 4.24. The quantitative estimate of drug-likeness (QED) is 0.675. The summed E-state index contributed by atoms with van der Waals surface area (Å²) >= 11 is -1.30. The van der Waals surface area contributed by atoms with Crippen LogP contribution >= 0.6 is 0 Å². The number of aryl methyl sites for hydroxylation is 1. The summed E-state index contributed by atoms with van der Waals surface area (Å²) in [5, 5.41) is 0. The van der Waals surface area contributed by atoms with Gasteiger partial charge >= 0.3 is 0 Å². The van der Waals surface area contributed by atoms with Crippen molar-refractivity contribution in [3.05, 3.63) is 29.8 Å². The highest BCUT2D eigenvalue weighted by molar-refractivity contribution is 7.80. The first-order valence-electron chi connectivity index (χ1n) is 3.84. The van der Waals surface area contributed by atoms with Gasteiger partial charge in [-0.1, -0.05) is 24.5 Å². The van der Waals surface area contributed by atoms with Crippen LogP contribution in [0.15, 0.2) is 29.2 Å². The zero-order valence-corrected chi connectivity index (χ0v) is 8.93. The van der Waals surface area contributed by atoms with Crippen LogP contribution < -0.4 is 0 Å². The standard InChI is InChI=1S/C8H10O2S.CH3B/c1-7-3-5-8(6-4-7)11(9)10-2;1-2/h3-6H,1-2H3;1H3. The molecule has 13 heavy (non-hydrogen) atoms. The van der Waals surface area contributed by atoms with Crippen LogP contribution in [0.1, 0.15) is 5.56 Å². The smallest absolute Gasteiger partial charge is 0.188 e. The van der Waals surface area contributed by atoms with Crippen LogP contribution in [0.4, 0.5) is 0 Å². The van der Waals surface area contributed by atoms with Gasteiger partial charge in [-0.25, -0.2) is 4.21 Å². The third-order valence-electron chi connectivity index (χ3n) is 1.36. The van der Waals surface area contributed by atoms with Gasteiger partial charge in [-0.15, -0.1) is 0 Å². The lowest BCUT2D eigenvalue weighted by Gasteiger charge is -1.97. The highest BCUT2D eigenvalue weighted by atomic mass is 32.2. The molecule has 2 nitrogen and oxygen atoms in total. The van der Waals surface area contributed by atoms with Crippen molar-refractivity contribution in [2.24, 2.45) is 0 Å². The molecule has 0 bridgehead atoms. The van der Waals surface area contributed by atoms with Gasteiger partial charge in [0.1, 0.15) is 0 Å². The first kappa shape index (κ1) is 12.4. The molecule has 1 aromatic carbocycles. The minimum atomic E-state index is -1.30. The molecule has 70 valence electrons. The van der Waals surface area contributed by atoms with E-state index in [-0.39, 0.29) is 0 Å². The van der Waals surface area contributed by atoms with Gasteiger partial charge in [0.15, 0.2) is 11.1 Å². The van der Waals surface area contributed by atoms with Gasteiger partial charge in [0.25, 0.3) is 0 Å². The van der Waals surface area contributed by atoms with Crippen LogP contribution in [0.5, 0.6) is 0 Å². The fourth-order valence-electron chi connectivity index (χ4n) is 0.746. The average molecular weight is 196 g/mol. The van der Waals surface area contributed by atoms with Crippen molar-refractivity contribution in [2.45, 2.75) is 18.6 Å². The van der Waals surface area contributed by atoms with Crippen molar-refractivity contribution in [3.63, 3.8) is 0 Å². The van der Waals surface area contributed by atoms with E-state index in [9.17, 15) is 4.21 Å². The summed E-state index contributed by atoms with van der Waals surface area (Å²) in [6.45, 7) is 3.49. The third-order valence-corrected chi connectivity index (χ3v) is 2.32. The van der Waals surface area contributed by atoms with Gasteiger partial charge in [0.2, 0.25) is 0 Å². The summed E-state index contributed by atoms with van der Waals surface area (Å²) < 4.78 is 15.7. The van der Waals surface area contributed by atoms with E-state index in [0.717, 1.165) is 5.56 Å². The van der Waals surface area contributed by atoms with E-state index in [2.05, 4.69) is 12.0 Å². The molecule has 0 amide bonds. The predicted octanol–water partition coefficient (Wildman–Crippen LogP) is 1.87. The normalized spacial score (nSPS) is 11.3. The molecule has 0 fully saturated rings. The minimum absolute atomic E-state index is 0.707. The molecule has 0 saturated heterocycles. The molecule has 0 aromatic heterocycles. The first-order valence-corrected chi connectivity index (χ1v) is 4.92. The summed E-state index contributed by atoms with van der Waals surface area (Å²) in [6.07, 6.45) is 0. The summed E-state index contributed by atoms with van der Waals surface area (Å²) in [6, 6.07) is 7.42. The minimum Gasteiger partial charge on any atom is -0.290 e. The Morgan fingerprint density at radius 2 is 1.69 bits per heavy atom. The molecule has 0 N–H and O–H groups in total. The number of rotatable bonds is 2. The second-order valence-electron chi connectivity index (χ2n) is 2.21. The summed E-state index contributed by atoms with van der Waals surface area (Å²) in [5.41, 5.74) is 1.15. The summed E-state index contributed by atoms with van der Waals surface area (Å²) in [5.74, 6) is 0. The second-order valence-corrected chi connectivity index (χ2v) is 3.49. The van der Waals surface area contributed by atoms with Crippen LogP contribution in [0, 0.1) is 6.92 Å². The molecule has 0 aliphatic carbocycles. The molecule has 0 heterocycles. The van der Waals surface area contributed by atoms with Gasteiger partial charge in [0, 0.05) is 0 Å². The monoisotopic (exact) mass is 196 g/mol. The number of benzene rings is 1. The highest BCUT2D eigenvalue weighted by Gasteiger charge is 1.99. The van der Waals surface area contributed by atoms with E-state index in [4.69, 9.17) is 0 Å². The maximum atomic E-state index is 11.0. The van der Waals surface area contributed by atoms with Crippen molar-refractivity contribution < 1.29 is 8.39 Å². The first-order chi connectivity index (χ1) is 6.24. The average Bonchev–Trinajstić information content (AvgIpc) is 2.21. The van der Waals surface area contributed by atoms with Gasteiger partial charge in [-0.2, -0.15) is 0 Å². The number of hydrogen-bond donors (Lipinski definition) is 0. The van der Waals surface area contributed by atoms with Gasteiger partial charge in [-0.3, -0.25) is 4.18 Å². The topological polar surface area (TPSA) is 26.3 Å². The van der Waals surface area contributed by atoms with Gasteiger partial charge in [0.05, 0.1) is 19.9 Å². The SMILES string of the molecule is COS(=O)c1ccc(C)cc1.[B]C. The van der Waals surface area contributed by atoms with Gasteiger partial charge < -0.3 is 0 Å². The Labute approximate surface area is 83.4 Å². The van der Waals surface area contributed by atoms with Crippen LogP contribution in [-0.2, 0) is 15.3 Å². The Hall–Kier alpha value is -0.605. The molecule has 0 aliphatic heterocycles. The lowest BCUT2D eigenvalue weighted by Crippen LogP contribution is -1.92. The van der Waals surface area contributed by atoms with E-state index in [1.165, 1.54) is 13.9 Å². The number of hydrogen-bond acceptors (Lipinski definition) is 2. The van der Waals surface area contributed by atoms with Crippen LogP contribution in [0.25, 0.3) is 0 Å². The molecule has 1 unspecified atom stereocenters. The molecule has 0 spiro atoms. The Balaban J connectivity index is 0.000000671. The van der Waals surface area contributed by atoms with E-state index < -0.39 is 11.1 Å². The fourth-order valence-corrected chi connectivity index (χ4v) is 1.30. The van der Waals surface area contributed by atoms with Crippen molar-refractivity contribution in [2.75, 3.05) is 7.11 Å². The zero-order valence-electron chi connectivity index (χ0n) is 8.11. The molecule has 0 aliphatic rings. The molecule has 2 radical (unpaired) electrons. The fraction of sp³-hybridized carbons (Fsp3) is 0.333. The van der Waals surface area contributed by atoms with Crippen LogP contribution in [0.3, 0.4) is 0 Å². The Kier molecular flexibility index (Phi) is 6.54. The highest BCUT2D eigenvalue weighted by Crippen LogP contribution is 2.07. The van der Waals surface area contributed by atoms with Gasteiger partial charge in [-0.05, 0) is 19.1 Å².